The lowest BCUT2D eigenvalue weighted by atomic mass is 10.2. The Labute approximate surface area is 83.1 Å². The molecule has 78 valence electrons. The van der Waals surface area contributed by atoms with E-state index in [-0.39, 0.29) is 11.6 Å². The van der Waals surface area contributed by atoms with Crippen LogP contribution in [-0.2, 0) is 0 Å². The van der Waals surface area contributed by atoms with Gasteiger partial charge in [0.25, 0.3) is 5.56 Å². The Bertz CT molecular complexity index is 387. The molecule has 2 rings (SSSR count). The number of aromatic amines is 1. The van der Waals surface area contributed by atoms with E-state index in [1.807, 2.05) is 6.92 Å². The Morgan fingerprint density at radius 3 is 2.79 bits per heavy atom. The number of nitrogens with one attached hydrogen (secondary N) is 1. The summed E-state index contributed by atoms with van der Waals surface area (Å²) in [6, 6.07) is 0.206. The third-order valence-electron chi connectivity index (χ3n) is 3.00. The largest absolute Gasteiger partial charge is 0.393 e. The maximum absolute atomic E-state index is 11.7. The molecule has 3 N–H and O–H groups in total. The van der Waals surface area contributed by atoms with Crippen LogP contribution in [0, 0.1) is 0 Å². The van der Waals surface area contributed by atoms with E-state index in [1.54, 1.807) is 4.68 Å². The summed E-state index contributed by atoms with van der Waals surface area (Å²) in [5, 5.41) is 3.14. The summed E-state index contributed by atoms with van der Waals surface area (Å²) in [6.07, 6.45) is 3.25. The topological polar surface area (TPSA) is 63.8 Å². The van der Waals surface area contributed by atoms with Gasteiger partial charge in [-0.1, -0.05) is 6.92 Å². The summed E-state index contributed by atoms with van der Waals surface area (Å²) in [4.78, 5) is 11.7. The van der Waals surface area contributed by atoms with E-state index in [2.05, 4.69) is 12.0 Å². The maximum Gasteiger partial charge on any atom is 0.290 e. The summed E-state index contributed by atoms with van der Waals surface area (Å²) in [6.45, 7) is 4.08. The van der Waals surface area contributed by atoms with Crippen LogP contribution in [0.1, 0.15) is 50.8 Å². The lowest BCUT2D eigenvalue weighted by Crippen LogP contribution is -2.21. The molecule has 4 nitrogen and oxygen atoms in total. The maximum atomic E-state index is 11.7. The van der Waals surface area contributed by atoms with Gasteiger partial charge in [0.2, 0.25) is 0 Å². The van der Waals surface area contributed by atoms with Gasteiger partial charge in [-0.25, -0.2) is 4.68 Å². The summed E-state index contributed by atoms with van der Waals surface area (Å²) in [5.41, 5.74) is 7.10. The Hall–Kier alpha value is -1.19. The van der Waals surface area contributed by atoms with Gasteiger partial charge in [0, 0.05) is 5.92 Å². The molecule has 1 aromatic rings. The molecule has 0 aromatic carbocycles. The summed E-state index contributed by atoms with van der Waals surface area (Å²) >= 11 is 0. The number of anilines is 1. The fourth-order valence-electron chi connectivity index (χ4n) is 1.66. The Morgan fingerprint density at radius 2 is 2.29 bits per heavy atom. The molecule has 1 aromatic heterocycles. The van der Waals surface area contributed by atoms with Crippen molar-refractivity contribution in [2.24, 2.45) is 0 Å². The molecule has 0 amide bonds. The molecule has 1 aliphatic carbocycles. The van der Waals surface area contributed by atoms with Gasteiger partial charge in [-0.05, 0) is 26.2 Å². The Kier molecular flexibility index (Phi) is 2.13. The number of rotatable bonds is 3. The predicted molar refractivity (Wildman–Crippen MR) is 56.4 cm³/mol. The molecular formula is C10H17N3O. The summed E-state index contributed by atoms with van der Waals surface area (Å²) in [5.74, 6) is 0.507. The predicted octanol–water partition coefficient (Wildman–Crippen LogP) is 1.61. The number of hydrogen-bond acceptors (Lipinski definition) is 2. The molecule has 14 heavy (non-hydrogen) atoms. The van der Waals surface area contributed by atoms with Crippen molar-refractivity contribution in [3.63, 3.8) is 0 Å². The van der Waals surface area contributed by atoms with E-state index in [4.69, 9.17) is 5.73 Å². The van der Waals surface area contributed by atoms with Crippen LogP contribution in [-0.4, -0.2) is 9.78 Å². The number of nitrogens with zero attached hydrogens (tertiary/aromatic N) is 1. The number of H-pyrrole nitrogens is 1. The average molecular weight is 195 g/mol. The van der Waals surface area contributed by atoms with Crippen LogP contribution in [0.3, 0.4) is 0 Å². The third kappa shape index (κ3) is 1.35. The van der Waals surface area contributed by atoms with Gasteiger partial charge in [-0.3, -0.25) is 9.89 Å². The molecule has 0 saturated heterocycles. The smallest absolute Gasteiger partial charge is 0.290 e. The second-order valence-corrected chi connectivity index (χ2v) is 4.15. The van der Waals surface area contributed by atoms with E-state index >= 15 is 0 Å². The number of nitrogens with two attached hydrogens (primary N) is 1. The van der Waals surface area contributed by atoms with Crippen molar-refractivity contribution in [1.29, 1.82) is 0 Å². The monoisotopic (exact) mass is 195 g/mol. The lowest BCUT2D eigenvalue weighted by Gasteiger charge is -2.08. The summed E-state index contributed by atoms with van der Waals surface area (Å²) < 4.78 is 1.66. The van der Waals surface area contributed by atoms with Gasteiger partial charge in [0.05, 0.1) is 11.7 Å². The van der Waals surface area contributed by atoms with Gasteiger partial charge in [0.1, 0.15) is 5.69 Å². The van der Waals surface area contributed by atoms with Crippen LogP contribution in [0.4, 0.5) is 5.69 Å². The highest BCUT2D eigenvalue weighted by Crippen LogP contribution is 2.40. The standard InChI is InChI=1S/C10H17N3O/c1-3-6(2)13-10(14)8(11)9(12-13)7-4-5-7/h6-7,12H,3-5,11H2,1-2H3. The normalized spacial score (nSPS) is 18.4. The molecule has 0 radical (unpaired) electrons. The van der Waals surface area contributed by atoms with Crippen molar-refractivity contribution in [3.8, 4) is 0 Å². The van der Waals surface area contributed by atoms with Gasteiger partial charge < -0.3 is 5.73 Å². The number of hydrogen-bond donors (Lipinski definition) is 2. The molecule has 1 saturated carbocycles. The fraction of sp³-hybridized carbons (Fsp3) is 0.700. The van der Waals surface area contributed by atoms with Crippen LogP contribution in [0.2, 0.25) is 0 Å². The average Bonchev–Trinajstić information content (AvgIpc) is 2.97. The van der Waals surface area contributed by atoms with Gasteiger partial charge in [-0.2, -0.15) is 0 Å². The zero-order chi connectivity index (χ0) is 10.3. The molecule has 0 spiro atoms. The second kappa shape index (κ2) is 3.19. The van der Waals surface area contributed by atoms with Crippen LogP contribution in [0.15, 0.2) is 4.79 Å². The van der Waals surface area contributed by atoms with E-state index in [9.17, 15) is 4.79 Å². The first-order valence-corrected chi connectivity index (χ1v) is 5.25. The highest BCUT2D eigenvalue weighted by atomic mass is 16.1. The van der Waals surface area contributed by atoms with Crippen LogP contribution in [0.5, 0.6) is 0 Å². The van der Waals surface area contributed by atoms with Gasteiger partial charge >= 0.3 is 0 Å². The highest BCUT2D eigenvalue weighted by Gasteiger charge is 2.29. The van der Waals surface area contributed by atoms with Crippen LogP contribution in [0.25, 0.3) is 0 Å². The highest BCUT2D eigenvalue weighted by molar-refractivity contribution is 5.44. The van der Waals surface area contributed by atoms with E-state index in [1.165, 1.54) is 0 Å². The number of aromatic nitrogens is 2. The van der Waals surface area contributed by atoms with Crippen LogP contribution < -0.4 is 11.3 Å². The molecule has 0 bridgehead atoms. The first-order chi connectivity index (χ1) is 6.65. The quantitative estimate of drug-likeness (QED) is 0.769. The van der Waals surface area contributed by atoms with Crippen molar-refractivity contribution in [2.75, 3.05) is 5.73 Å². The molecule has 4 heteroatoms. The van der Waals surface area contributed by atoms with Gasteiger partial charge in [-0.15, -0.1) is 0 Å². The zero-order valence-corrected chi connectivity index (χ0v) is 8.71. The minimum atomic E-state index is -0.0544. The zero-order valence-electron chi connectivity index (χ0n) is 8.71. The van der Waals surface area contributed by atoms with Gasteiger partial charge in [0.15, 0.2) is 0 Å². The second-order valence-electron chi connectivity index (χ2n) is 4.15. The van der Waals surface area contributed by atoms with Crippen molar-refractivity contribution < 1.29 is 0 Å². The summed E-state index contributed by atoms with van der Waals surface area (Å²) in [7, 11) is 0. The molecule has 1 fully saturated rings. The van der Waals surface area contributed by atoms with Crippen LogP contribution >= 0.6 is 0 Å². The third-order valence-corrected chi connectivity index (χ3v) is 3.00. The van der Waals surface area contributed by atoms with Crippen molar-refractivity contribution >= 4 is 5.69 Å². The minimum Gasteiger partial charge on any atom is -0.393 e. The van der Waals surface area contributed by atoms with E-state index in [0.717, 1.165) is 25.0 Å². The first kappa shape index (κ1) is 9.37. The molecule has 1 aliphatic rings. The molecule has 1 heterocycles. The minimum absolute atomic E-state index is 0.0544. The molecule has 0 aliphatic heterocycles. The van der Waals surface area contributed by atoms with E-state index in [0.29, 0.717) is 11.6 Å². The fourth-order valence-corrected chi connectivity index (χ4v) is 1.66. The molecule has 1 atom stereocenters. The van der Waals surface area contributed by atoms with Crippen molar-refractivity contribution in [3.05, 3.63) is 16.0 Å². The first-order valence-electron chi connectivity index (χ1n) is 5.25. The van der Waals surface area contributed by atoms with E-state index < -0.39 is 0 Å². The molecular weight excluding hydrogens is 178 g/mol. The number of nitrogen functional groups attached to an aromatic ring is 1. The lowest BCUT2D eigenvalue weighted by molar-refractivity contribution is 0.462. The molecule has 1 unspecified atom stereocenters. The Morgan fingerprint density at radius 1 is 1.64 bits per heavy atom. The Balaban J connectivity index is 2.41. The van der Waals surface area contributed by atoms with Crippen molar-refractivity contribution in [1.82, 2.24) is 9.78 Å². The van der Waals surface area contributed by atoms with Crippen molar-refractivity contribution in [2.45, 2.75) is 45.1 Å². The SMILES string of the molecule is CCC(C)n1[nH]c(C2CC2)c(N)c1=O.